The summed E-state index contributed by atoms with van der Waals surface area (Å²) in [5.74, 6) is 0.701. The number of ether oxygens (including phenoxy) is 1. The van der Waals surface area contributed by atoms with Crippen LogP contribution in [0.5, 0.6) is 5.75 Å². The van der Waals surface area contributed by atoms with Gasteiger partial charge in [0.2, 0.25) is 11.6 Å². The summed E-state index contributed by atoms with van der Waals surface area (Å²) >= 11 is 1.51. The Kier molecular flexibility index (Phi) is 7.41. The molecular weight excluding hydrogens is 468 g/mol. The highest BCUT2D eigenvalue weighted by molar-refractivity contribution is 7.98. The minimum absolute atomic E-state index is 0.0323. The van der Waals surface area contributed by atoms with Crippen molar-refractivity contribution in [1.82, 2.24) is 30.7 Å². The van der Waals surface area contributed by atoms with Crippen LogP contribution >= 0.6 is 11.8 Å². The van der Waals surface area contributed by atoms with Crippen LogP contribution in [0.3, 0.4) is 0 Å². The van der Waals surface area contributed by atoms with E-state index in [2.05, 4.69) is 31.2 Å². The van der Waals surface area contributed by atoms with Gasteiger partial charge in [0.05, 0.1) is 18.0 Å². The average molecular weight is 493 g/mol. The molecule has 0 bridgehead atoms. The number of benzene rings is 2. The lowest BCUT2D eigenvalue weighted by Gasteiger charge is -2.09. The molecule has 35 heavy (non-hydrogen) atoms. The predicted octanol–water partition coefficient (Wildman–Crippen LogP) is 3.39. The summed E-state index contributed by atoms with van der Waals surface area (Å²) in [4.78, 5) is 14.1. The number of nitrogen functional groups attached to an aromatic ring is 1. The molecule has 2 aromatic carbocycles. The van der Waals surface area contributed by atoms with Crippen LogP contribution in [0.2, 0.25) is 0 Å². The highest BCUT2D eigenvalue weighted by atomic mass is 32.2. The zero-order valence-electron chi connectivity index (χ0n) is 19.4. The first-order valence-electron chi connectivity index (χ1n) is 10.8. The van der Waals surface area contributed by atoms with E-state index in [0.717, 1.165) is 16.0 Å². The van der Waals surface area contributed by atoms with E-state index in [0.29, 0.717) is 29.5 Å². The zero-order chi connectivity index (χ0) is 24.8. The van der Waals surface area contributed by atoms with Gasteiger partial charge in [0.15, 0.2) is 5.69 Å². The van der Waals surface area contributed by atoms with E-state index in [1.54, 1.807) is 6.92 Å². The molecule has 12 heteroatoms. The highest BCUT2D eigenvalue weighted by Crippen LogP contribution is 2.26. The molecule has 1 amide bonds. The molecule has 3 N–H and O–H groups in total. The number of nitrogens with one attached hydrogen (secondary N) is 1. The lowest BCUT2D eigenvalue weighted by Crippen LogP contribution is -2.21. The van der Waals surface area contributed by atoms with E-state index in [9.17, 15) is 4.79 Å². The average Bonchev–Trinajstić information content (AvgIpc) is 3.48. The number of nitrogens with two attached hydrogens (primary N) is 1. The molecule has 2 heterocycles. The van der Waals surface area contributed by atoms with E-state index in [1.807, 2.05) is 62.4 Å². The Bertz CT molecular complexity index is 1350. The molecule has 0 aliphatic heterocycles. The van der Waals surface area contributed by atoms with E-state index in [-0.39, 0.29) is 17.3 Å². The first-order chi connectivity index (χ1) is 17.0. The third-order valence-electron chi connectivity index (χ3n) is 4.97. The van der Waals surface area contributed by atoms with E-state index < -0.39 is 5.91 Å². The number of anilines is 1. The van der Waals surface area contributed by atoms with Gasteiger partial charge >= 0.3 is 0 Å². The lowest BCUT2D eigenvalue weighted by molar-refractivity contribution is 0.0949. The van der Waals surface area contributed by atoms with Crippen LogP contribution in [0, 0.1) is 6.92 Å². The van der Waals surface area contributed by atoms with Crippen molar-refractivity contribution in [3.8, 4) is 11.6 Å². The summed E-state index contributed by atoms with van der Waals surface area (Å²) in [5.41, 5.74) is 11.5. The van der Waals surface area contributed by atoms with Crippen LogP contribution in [0.4, 0.5) is 5.82 Å². The first kappa shape index (κ1) is 24.0. The Balaban J connectivity index is 1.60. The van der Waals surface area contributed by atoms with Crippen molar-refractivity contribution in [3.05, 3.63) is 71.0 Å². The molecular formula is C23H24N8O3S. The number of aryl methyl sites for hydroxylation is 1. The van der Waals surface area contributed by atoms with Crippen LogP contribution in [-0.2, 0) is 5.75 Å². The van der Waals surface area contributed by atoms with Gasteiger partial charge < -0.3 is 10.5 Å². The third kappa shape index (κ3) is 5.49. The van der Waals surface area contributed by atoms with Crippen molar-refractivity contribution in [3.63, 3.8) is 0 Å². The topological polar surface area (TPSA) is 146 Å². The summed E-state index contributed by atoms with van der Waals surface area (Å²) in [6.07, 6.45) is 0. The van der Waals surface area contributed by atoms with Crippen molar-refractivity contribution < 1.29 is 14.2 Å². The Hall–Kier alpha value is -4.19. The SMILES string of the molecule is CCOc1ccccc1/C(C)=N\NC(=O)c1nnn(-c2nonc2N)c1CSc1ccc(C)cc1. The number of nitrogens with zero attached hydrogens (tertiary/aromatic N) is 6. The molecule has 0 fully saturated rings. The van der Waals surface area contributed by atoms with E-state index >= 15 is 0 Å². The maximum atomic E-state index is 13.1. The second-order valence-corrected chi connectivity index (χ2v) is 8.49. The predicted molar refractivity (Wildman–Crippen MR) is 132 cm³/mol. The summed E-state index contributed by atoms with van der Waals surface area (Å²) < 4.78 is 11.7. The van der Waals surface area contributed by atoms with Gasteiger partial charge in [0.25, 0.3) is 5.91 Å². The Morgan fingerprint density at radius 3 is 2.69 bits per heavy atom. The Morgan fingerprint density at radius 2 is 1.97 bits per heavy atom. The number of carbonyl (C=O) groups is 1. The zero-order valence-corrected chi connectivity index (χ0v) is 20.2. The van der Waals surface area contributed by atoms with Gasteiger partial charge in [-0.05, 0) is 55.4 Å². The molecule has 2 aromatic heterocycles. The smallest absolute Gasteiger partial charge is 0.293 e. The van der Waals surface area contributed by atoms with Crippen LogP contribution in [0.1, 0.15) is 41.2 Å². The molecule has 0 aliphatic carbocycles. The summed E-state index contributed by atoms with van der Waals surface area (Å²) in [6, 6.07) is 15.5. The van der Waals surface area contributed by atoms with Gasteiger partial charge in [-0.2, -0.15) is 9.78 Å². The van der Waals surface area contributed by atoms with Gasteiger partial charge in [0, 0.05) is 16.2 Å². The molecule has 0 spiro atoms. The van der Waals surface area contributed by atoms with E-state index in [4.69, 9.17) is 15.1 Å². The largest absolute Gasteiger partial charge is 0.493 e. The molecule has 180 valence electrons. The Labute approximate surface area is 205 Å². The van der Waals surface area contributed by atoms with Gasteiger partial charge in [-0.25, -0.2) is 10.1 Å². The van der Waals surface area contributed by atoms with Crippen LogP contribution < -0.4 is 15.9 Å². The number of rotatable bonds is 9. The molecule has 4 aromatic rings. The fourth-order valence-corrected chi connectivity index (χ4v) is 4.09. The first-order valence-corrected chi connectivity index (χ1v) is 11.8. The number of hydrogen-bond acceptors (Lipinski definition) is 10. The molecule has 11 nitrogen and oxygen atoms in total. The number of hydrogen-bond donors (Lipinski definition) is 2. The normalized spacial score (nSPS) is 11.5. The van der Waals surface area contributed by atoms with Crippen LogP contribution in [0.15, 0.2) is 63.2 Å². The fourth-order valence-electron chi connectivity index (χ4n) is 3.20. The second-order valence-electron chi connectivity index (χ2n) is 7.44. The fraction of sp³-hybridized carbons (Fsp3) is 0.217. The molecule has 0 aliphatic rings. The van der Waals surface area contributed by atoms with Crippen LogP contribution in [-0.4, -0.2) is 43.5 Å². The second kappa shape index (κ2) is 10.8. The summed E-state index contributed by atoms with van der Waals surface area (Å²) in [5, 5.41) is 19.8. The van der Waals surface area contributed by atoms with Crippen molar-refractivity contribution in [2.24, 2.45) is 5.10 Å². The Morgan fingerprint density at radius 1 is 1.20 bits per heavy atom. The molecule has 0 radical (unpaired) electrons. The monoisotopic (exact) mass is 492 g/mol. The highest BCUT2D eigenvalue weighted by Gasteiger charge is 2.24. The van der Waals surface area contributed by atoms with Crippen molar-refractivity contribution in [1.29, 1.82) is 0 Å². The number of carbonyl (C=O) groups excluding carboxylic acids is 1. The standard InChI is InChI=1S/C23H24N8O3S/c1-4-33-19-8-6-5-7-17(19)15(3)25-27-23(32)20-18(13-35-16-11-9-14(2)10-12-16)31(30-26-20)22-21(24)28-34-29-22/h5-12H,4,13H2,1-3H3,(H2,24,28)(H,27,32)/b25-15-. The maximum absolute atomic E-state index is 13.1. The van der Waals surface area contributed by atoms with Gasteiger partial charge in [-0.15, -0.1) is 16.9 Å². The number of thioether (sulfide) groups is 1. The lowest BCUT2D eigenvalue weighted by atomic mass is 10.1. The number of amides is 1. The summed E-state index contributed by atoms with van der Waals surface area (Å²) in [7, 11) is 0. The molecule has 0 unspecified atom stereocenters. The van der Waals surface area contributed by atoms with Crippen molar-refractivity contribution >= 4 is 29.2 Å². The minimum Gasteiger partial charge on any atom is -0.493 e. The molecule has 0 saturated heterocycles. The van der Waals surface area contributed by atoms with Crippen molar-refractivity contribution in [2.75, 3.05) is 12.3 Å². The van der Waals surface area contributed by atoms with Gasteiger partial charge in [-0.1, -0.05) is 35.0 Å². The van der Waals surface area contributed by atoms with Gasteiger partial charge in [0.1, 0.15) is 5.75 Å². The third-order valence-corrected chi connectivity index (χ3v) is 6.00. The minimum atomic E-state index is -0.529. The molecule has 4 rings (SSSR count). The quantitative estimate of drug-likeness (QED) is 0.204. The molecule has 0 atom stereocenters. The summed E-state index contributed by atoms with van der Waals surface area (Å²) in [6.45, 7) is 6.22. The molecule has 0 saturated carbocycles. The van der Waals surface area contributed by atoms with Crippen molar-refractivity contribution in [2.45, 2.75) is 31.4 Å². The number of para-hydroxylation sites is 1. The number of hydrazone groups is 1. The maximum Gasteiger partial charge on any atom is 0.293 e. The van der Waals surface area contributed by atoms with Crippen LogP contribution in [0.25, 0.3) is 5.82 Å². The van der Waals surface area contributed by atoms with Gasteiger partial charge in [-0.3, -0.25) is 4.79 Å². The van der Waals surface area contributed by atoms with E-state index in [1.165, 1.54) is 16.4 Å². The number of aromatic nitrogens is 5.